The van der Waals surface area contributed by atoms with Crippen LogP contribution >= 0.6 is 0 Å². The average Bonchev–Trinajstić information content (AvgIpc) is 3.69. The van der Waals surface area contributed by atoms with Gasteiger partial charge in [-0.3, -0.25) is 4.79 Å². The number of likely N-dealkylation sites (N-methyl/N-ethyl adjacent to an activating group) is 1. The number of hydrogen-bond acceptors (Lipinski definition) is 5. The summed E-state index contributed by atoms with van der Waals surface area (Å²) in [6, 6.07) is 14.8. The Morgan fingerprint density at radius 1 is 1.02 bits per heavy atom. The highest BCUT2D eigenvalue weighted by atomic mass is 32.2. The van der Waals surface area contributed by atoms with Gasteiger partial charge in [0.25, 0.3) is 0 Å². The lowest BCUT2D eigenvalue weighted by Gasteiger charge is -2.29. The molecule has 0 aliphatic carbocycles. The molecule has 6 rings (SSSR count). The minimum atomic E-state index is -3.60. The van der Waals surface area contributed by atoms with Gasteiger partial charge in [-0.05, 0) is 56.2 Å². The fourth-order valence-electron chi connectivity index (χ4n) is 5.61. The summed E-state index contributed by atoms with van der Waals surface area (Å²) in [7, 11) is -2.08. The number of carbonyl (C=O) groups is 1. The SMILES string of the molecule is Cc1cccc(C2(C)CCS(=O)(=O)CCN(C)C(=O)/C=C/c3c(c(F)cc4[nH]ccc34)Oc3ccc(F)c(c3)-c3ncc2[nH]3)c1. The standard InChI is InChI=1S/C34H32F2N4O4S/c1-21-5-4-6-22(17-21)34(2)12-15-45(42,43)16-14-40(3)31(41)10-8-25-24-11-13-37-29(24)19-28(36)32(25)44-23-7-9-27(35)26(18-23)33-38-20-30(34)39-33/h4-11,13,17-20,37H,12,14-16H2,1-3H3,(H,38,39)/b10-8+. The lowest BCUT2D eigenvalue weighted by molar-refractivity contribution is -0.124. The van der Waals surface area contributed by atoms with Gasteiger partial charge in [0.05, 0.1) is 17.1 Å². The van der Waals surface area contributed by atoms with Crippen molar-refractivity contribution in [3.63, 3.8) is 0 Å². The van der Waals surface area contributed by atoms with Crippen molar-refractivity contribution in [3.8, 4) is 22.9 Å². The third-order valence-electron chi connectivity index (χ3n) is 8.46. The summed E-state index contributed by atoms with van der Waals surface area (Å²) >= 11 is 0. The van der Waals surface area contributed by atoms with Gasteiger partial charge < -0.3 is 19.6 Å². The summed E-state index contributed by atoms with van der Waals surface area (Å²) in [6.45, 7) is 3.85. The van der Waals surface area contributed by atoms with E-state index in [9.17, 15) is 13.2 Å². The molecule has 0 radical (unpaired) electrons. The van der Waals surface area contributed by atoms with Gasteiger partial charge in [0.2, 0.25) is 5.91 Å². The van der Waals surface area contributed by atoms with Crippen molar-refractivity contribution in [1.29, 1.82) is 0 Å². The predicted molar refractivity (Wildman–Crippen MR) is 170 cm³/mol. The summed E-state index contributed by atoms with van der Waals surface area (Å²) in [5.41, 5.74) is 2.52. The Bertz CT molecular complexity index is 2070. The maximum Gasteiger partial charge on any atom is 0.246 e. The molecule has 1 atom stereocenters. The summed E-state index contributed by atoms with van der Waals surface area (Å²) < 4.78 is 63.4. The minimum absolute atomic E-state index is 0.0297. The molecule has 232 valence electrons. The number of aryl methyl sites for hydroxylation is 1. The minimum Gasteiger partial charge on any atom is -0.454 e. The van der Waals surface area contributed by atoms with Gasteiger partial charge in [-0.2, -0.15) is 0 Å². The molecule has 45 heavy (non-hydrogen) atoms. The number of amides is 1. The van der Waals surface area contributed by atoms with Crippen LogP contribution in [0.3, 0.4) is 0 Å². The molecule has 3 aromatic carbocycles. The zero-order valence-corrected chi connectivity index (χ0v) is 25.8. The number of aromatic amines is 2. The quantitative estimate of drug-likeness (QED) is 0.219. The van der Waals surface area contributed by atoms with Crippen LogP contribution in [0.25, 0.3) is 28.4 Å². The van der Waals surface area contributed by atoms with Crippen LogP contribution in [0.4, 0.5) is 8.78 Å². The first kappa shape index (κ1) is 30.3. The molecular weight excluding hydrogens is 598 g/mol. The van der Waals surface area contributed by atoms with Gasteiger partial charge in [-0.15, -0.1) is 0 Å². The van der Waals surface area contributed by atoms with Crippen LogP contribution < -0.4 is 4.74 Å². The summed E-state index contributed by atoms with van der Waals surface area (Å²) in [5, 5.41) is 0.597. The Morgan fingerprint density at radius 3 is 2.64 bits per heavy atom. The average molecular weight is 631 g/mol. The zero-order valence-electron chi connectivity index (χ0n) is 25.0. The number of fused-ring (bicyclic) bond motifs is 8. The van der Waals surface area contributed by atoms with E-state index in [1.807, 2.05) is 38.1 Å². The number of hydrogen-bond donors (Lipinski definition) is 2. The highest BCUT2D eigenvalue weighted by molar-refractivity contribution is 7.91. The van der Waals surface area contributed by atoms with Crippen molar-refractivity contribution in [2.45, 2.75) is 25.7 Å². The van der Waals surface area contributed by atoms with Gasteiger partial charge in [-0.25, -0.2) is 22.2 Å². The van der Waals surface area contributed by atoms with Crippen molar-refractivity contribution in [2.24, 2.45) is 0 Å². The van der Waals surface area contributed by atoms with Crippen molar-refractivity contribution in [2.75, 3.05) is 25.1 Å². The first-order chi connectivity index (χ1) is 21.4. The molecular formula is C34H32F2N4O4S. The number of H-pyrrole nitrogens is 2. The molecule has 4 bridgehead atoms. The third-order valence-corrected chi connectivity index (χ3v) is 10.1. The van der Waals surface area contributed by atoms with Crippen LogP contribution in [0.15, 0.2) is 73.1 Å². The highest BCUT2D eigenvalue weighted by Gasteiger charge is 2.33. The molecule has 3 heterocycles. The summed E-state index contributed by atoms with van der Waals surface area (Å²) in [5.74, 6) is -1.91. The molecule has 2 aromatic heterocycles. The molecule has 0 saturated heterocycles. The number of nitrogens with zero attached hydrogens (tertiary/aromatic N) is 2. The van der Waals surface area contributed by atoms with Crippen LogP contribution in [0.2, 0.25) is 0 Å². The molecule has 11 heteroatoms. The smallest absolute Gasteiger partial charge is 0.246 e. The number of nitrogens with one attached hydrogen (secondary N) is 2. The van der Waals surface area contributed by atoms with E-state index >= 15 is 8.78 Å². The molecule has 5 aromatic rings. The van der Waals surface area contributed by atoms with E-state index in [0.717, 1.165) is 11.1 Å². The van der Waals surface area contributed by atoms with Gasteiger partial charge in [0, 0.05) is 65.7 Å². The van der Waals surface area contributed by atoms with E-state index in [1.54, 1.807) is 18.5 Å². The van der Waals surface area contributed by atoms with E-state index in [-0.39, 0.29) is 47.4 Å². The van der Waals surface area contributed by atoms with Crippen molar-refractivity contribution in [3.05, 3.63) is 107 Å². The van der Waals surface area contributed by atoms with Crippen molar-refractivity contribution < 1.29 is 26.7 Å². The molecule has 1 unspecified atom stereocenters. The first-order valence-electron chi connectivity index (χ1n) is 14.5. The summed E-state index contributed by atoms with van der Waals surface area (Å²) in [6.07, 6.45) is 6.13. The van der Waals surface area contributed by atoms with Gasteiger partial charge in [0.15, 0.2) is 21.4 Å². The van der Waals surface area contributed by atoms with Gasteiger partial charge in [-0.1, -0.05) is 29.8 Å². The van der Waals surface area contributed by atoms with Crippen LogP contribution in [0, 0.1) is 18.6 Å². The number of carbonyl (C=O) groups excluding carboxylic acids is 1. The second-order valence-electron chi connectivity index (χ2n) is 11.6. The topological polar surface area (TPSA) is 108 Å². The fraction of sp³-hybridized carbons (Fsp3) is 0.235. The van der Waals surface area contributed by atoms with Crippen LogP contribution in [0.5, 0.6) is 11.5 Å². The van der Waals surface area contributed by atoms with Crippen LogP contribution in [-0.4, -0.2) is 59.3 Å². The number of halogens is 2. The van der Waals surface area contributed by atoms with E-state index in [0.29, 0.717) is 22.2 Å². The second-order valence-corrected chi connectivity index (χ2v) is 13.9. The lowest BCUT2D eigenvalue weighted by Crippen LogP contribution is -2.33. The number of rotatable bonds is 1. The third kappa shape index (κ3) is 6.00. The molecule has 2 N–H and O–H groups in total. The lowest BCUT2D eigenvalue weighted by atomic mass is 9.77. The monoisotopic (exact) mass is 630 g/mol. The number of aromatic nitrogens is 3. The predicted octanol–water partition coefficient (Wildman–Crippen LogP) is 6.53. The van der Waals surface area contributed by atoms with Crippen molar-refractivity contribution in [1.82, 2.24) is 19.9 Å². The van der Waals surface area contributed by atoms with Crippen molar-refractivity contribution >= 4 is 32.7 Å². The number of sulfone groups is 1. The van der Waals surface area contributed by atoms with E-state index in [2.05, 4.69) is 15.0 Å². The molecule has 1 aliphatic heterocycles. The Kier molecular flexibility index (Phi) is 7.82. The van der Waals surface area contributed by atoms with Gasteiger partial charge in [0.1, 0.15) is 17.4 Å². The first-order valence-corrected chi connectivity index (χ1v) is 16.3. The number of imidazole rings is 1. The zero-order chi connectivity index (χ0) is 31.9. The molecule has 1 amide bonds. The number of ether oxygens (including phenoxy) is 1. The fourth-order valence-corrected chi connectivity index (χ4v) is 7.08. The molecule has 1 aliphatic rings. The van der Waals surface area contributed by atoms with E-state index in [4.69, 9.17) is 4.74 Å². The molecule has 0 fully saturated rings. The normalized spacial score (nSPS) is 19.7. The largest absolute Gasteiger partial charge is 0.454 e. The Balaban J connectivity index is 1.51. The Hall–Kier alpha value is -4.77. The Morgan fingerprint density at radius 2 is 1.84 bits per heavy atom. The van der Waals surface area contributed by atoms with E-state index in [1.165, 1.54) is 48.4 Å². The van der Waals surface area contributed by atoms with Crippen LogP contribution in [0.1, 0.15) is 35.7 Å². The molecule has 8 nitrogen and oxygen atoms in total. The molecule has 0 saturated carbocycles. The highest BCUT2D eigenvalue weighted by Crippen LogP contribution is 2.39. The second kappa shape index (κ2) is 11.6. The Labute approximate surface area is 259 Å². The maximum atomic E-state index is 15.5. The molecule has 0 spiro atoms. The number of benzene rings is 3. The maximum absolute atomic E-state index is 15.5. The van der Waals surface area contributed by atoms with Gasteiger partial charge >= 0.3 is 0 Å². The van der Waals surface area contributed by atoms with E-state index < -0.39 is 32.8 Å². The van der Waals surface area contributed by atoms with Crippen LogP contribution in [-0.2, 0) is 20.0 Å². The summed E-state index contributed by atoms with van der Waals surface area (Å²) in [4.78, 5) is 25.0.